The van der Waals surface area contributed by atoms with Gasteiger partial charge in [-0.1, -0.05) is 43.7 Å². The first-order valence-electron chi connectivity index (χ1n) is 9.77. The van der Waals surface area contributed by atoms with Gasteiger partial charge in [-0.2, -0.15) is 13.2 Å². The van der Waals surface area contributed by atoms with Gasteiger partial charge < -0.3 is 9.88 Å². The summed E-state index contributed by atoms with van der Waals surface area (Å²) in [7, 11) is 0. The van der Waals surface area contributed by atoms with E-state index in [1.165, 1.54) is 10.9 Å². The predicted octanol–water partition coefficient (Wildman–Crippen LogP) is 1.89. The maximum absolute atomic E-state index is 13.0. The molecule has 0 radical (unpaired) electrons. The van der Waals surface area contributed by atoms with Crippen molar-refractivity contribution >= 4 is 17.1 Å². The van der Waals surface area contributed by atoms with Crippen LogP contribution in [0.4, 0.5) is 13.2 Å². The monoisotopic (exact) mass is 437 g/mol. The number of carbonyl (C=O) groups excluding carboxylic acids is 1. The van der Waals surface area contributed by atoms with Crippen molar-refractivity contribution in [2.24, 2.45) is 0 Å². The van der Waals surface area contributed by atoms with E-state index in [0.29, 0.717) is 11.1 Å². The van der Waals surface area contributed by atoms with Crippen LogP contribution in [0.5, 0.6) is 0 Å². The van der Waals surface area contributed by atoms with Crippen LogP contribution in [0.15, 0.2) is 46.2 Å². The molecule has 0 aliphatic rings. The van der Waals surface area contributed by atoms with Crippen LogP contribution in [0.25, 0.3) is 11.2 Å². The van der Waals surface area contributed by atoms with Gasteiger partial charge in [-0.05, 0) is 12.0 Å². The molecule has 8 nitrogen and oxygen atoms in total. The zero-order valence-corrected chi connectivity index (χ0v) is 16.9. The Labute approximate surface area is 174 Å². The SMILES string of the molecule is CCCCn1cnc2c1c(=O)n(CC(=O)NCC(F)(F)F)c(=O)n2Cc1ccccc1. The Morgan fingerprint density at radius 3 is 2.48 bits per heavy atom. The van der Waals surface area contributed by atoms with E-state index < -0.39 is 36.4 Å². The maximum Gasteiger partial charge on any atom is 0.405 e. The largest absolute Gasteiger partial charge is 0.405 e. The van der Waals surface area contributed by atoms with E-state index in [0.717, 1.165) is 18.4 Å². The molecule has 3 aromatic rings. The lowest BCUT2D eigenvalue weighted by Gasteiger charge is -2.13. The first kappa shape index (κ1) is 22.3. The van der Waals surface area contributed by atoms with Gasteiger partial charge in [-0.3, -0.25) is 14.2 Å². The van der Waals surface area contributed by atoms with Crippen molar-refractivity contribution in [3.63, 3.8) is 0 Å². The van der Waals surface area contributed by atoms with Crippen LogP contribution in [0.2, 0.25) is 0 Å². The number of benzene rings is 1. The third-order valence-corrected chi connectivity index (χ3v) is 4.71. The second-order valence-corrected chi connectivity index (χ2v) is 7.10. The van der Waals surface area contributed by atoms with Gasteiger partial charge in [0.15, 0.2) is 11.2 Å². The summed E-state index contributed by atoms with van der Waals surface area (Å²) in [5.74, 6) is -1.08. The van der Waals surface area contributed by atoms with Crippen molar-refractivity contribution in [2.75, 3.05) is 6.54 Å². The summed E-state index contributed by atoms with van der Waals surface area (Å²) in [6.07, 6.45) is -1.53. The van der Waals surface area contributed by atoms with Crippen molar-refractivity contribution in [1.82, 2.24) is 24.0 Å². The molecule has 1 aromatic carbocycles. The fourth-order valence-corrected chi connectivity index (χ4v) is 3.18. The Morgan fingerprint density at radius 2 is 1.84 bits per heavy atom. The summed E-state index contributed by atoms with van der Waals surface area (Å²) in [5.41, 5.74) is -0.514. The molecule has 0 unspecified atom stereocenters. The van der Waals surface area contributed by atoms with Gasteiger partial charge in [0.1, 0.15) is 13.1 Å². The van der Waals surface area contributed by atoms with Gasteiger partial charge in [0.25, 0.3) is 5.56 Å². The van der Waals surface area contributed by atoms with Crippen LogP contribution in [0.1, 0.15) is 25.3 Å². The number of hydrogen-bond acceptors (Lipinski definition) is 4. The Morgan fingerprint density at radius 1 is 1.13 bits per heavy atom. The summed E-state index contributed by atoms with van der Waals surface area (Å²) in [4.78, 5) is 42.3. The molecule has 0 bridgehead atoms. The lowest BCUT2D eigenvalue weighted by atomic mass is 10.2. The summed E-state index contributed by atoms with van der Waals surface area (Å²) in [6.45, 7) is 0.179. The molecule has 166 valence electrons. The highest BCUT2D eigenvalue weighted by Gasteiger charge is 2.28. The van der Waals surface area contributed by atoms with Crippen LogP contribution >= 0.6 is 0 Å². The summed E-state index contributed by atoms with van der Waals surface area (Å²) >= 11 is 0. The standard InChI is InChI=1S/C20H22F3N5O3/c1-2-3-9-26-13-25-17-16(26)18(30)28(11-15(29)24-12-20(21,22)23)19(31)27(17)10-14-7-5-4-6-8-14/h4-8,13H,2-3,9-12H2,1H3,(H,24,29). The second-order valence-electron chi connectivity index (χ2n) is 7.10. The molecular formula is C20H22F3N5O3. The second kappa shape index (κ2) is 9.19. The number of alkyl halides is 3. The van der Waals surface area contributed by atoms with Gasteiger partial charge in [-0.25, -0.2) is 14.3 Å². The molecule has 3 rings (SSSR count). The molecule has 0 aliphatic heterocycles. The molecule has 0 aliphatic carbocycles. The number of rotatable bonds is 8. The van der Waals surface area contributed by atoms with Crippen molar-refractivity contribution in [3.05, 3.63) is 63.1 Å². The molecule has 0 saturated heterocycles. The van der Waals surface area contributed by atoms with E-state index in [-0.39, 0.29) is 17.7 Å². The van der Waals surface area contributed by atoms with Gasteiger partial charge in [0.2, 0.25) is 5.91 Å². The van der Waals surface area contributed by atoms with E-state index >= 15 is 0 Å². The third kappa shape index (κ3) is 5.22. The van der Waals surface area contributed by atoms with Crippen LogP contribution in [-0.2, 0) is 24.4 Å². The summed E-state index contributed by atoms with van der Waals surface area (Å²) in [5, 5.41) is 1.69. The minimum absolute atomic E-state index is 0.0887. The number of halogens is 3. The lowest BCUT2D eigenvalue weighted by molar-refractivity contribution is -0.138. The van der Waals surface area contributed by atoms with Gasteiger partial charge in [0, 0.05) is 6.54 Å². The zero-order valence-electron chi connectivity index (χ0n) is 16.9. The fourth-order valence-electron chi connectivity index (χ4n) is 3.18. The number of nitrogens with zero attached hydrogens (tertiary/aromatic N) is 4. The zero-order chi connectivity index (χ0) is 22.6. The molecular weight excluding hydrogens is 415 g/mol. The van der Waals surface area contributed by atoms with Gasteiger partial charge >= 0.3 is 11.9 Å². The third-order valence-electron chi connectivity index (χ3n) is 4.71. The summed E-state index contributed by atoms with van der Waals surface area (Å²) < 4.78 is 40.7. The number of nitrogens with one attached hydrogen (secondary N) is 1. The number of aryl methyl sites for hydroxylation is 1. The normalized spacial score (nSPS) is 11.7. The molecule has 1 amide bonds. The van der Waals surface area contributed by atoms with Crippen LogP contribution in [0.3, 0.4) is 0 Å². The molecule has 1 N–H and O–H groups in total. The Bertz CT molecular complexity index is 1180. The number of unbranched alkanes of at least 4 members (excludes halogenated alkanes) is 1. The molecule has 11 heteroatoms. The average molecular weight is 437 g/mol. The number of carbonyl (C=O) groups is 1. The Kier molecular flexibility index (Phi) is 6.62. The highest BCUT2D eigenvalue weighted by molar-refractivity contribution is 5.76. The molecule has 2 heterocycles. The average Bonchev–Trinajstić information content (AvgIpc) is 3.15. The van der Waals surface area contributed by atoms with Crippen molar-refractivity contribution < 1.29 is 18.0 Å². The van der Waals surface area contributed by atoms with E-state index in [1.54, 1.807) is 34.1 Å². The molecule has 0 fully saturated rings. The number of hydrogen-bond donors (Lipinski definition) is 1. The smallest absolute Gasteiger partial charge is 0.345 e. The van der Waals surface area contributed by atoms with E-state index in [4.69, 9.17) is 0 Å². The van der Waals surface area contributed by atoms with Crippen molar-refractivity contribution in [3.8, 4) is 0 Å². The Hall–Kier alpha value is -3.37. The minimum atomic E-state index is -4.60. The molecule has 0 saturated carbocycles. The predicted molar refractivity (Wildman–Crippen MR) is 108 cm³/mol. The van der Waals surface area contributed by atoms with E-state index in [2.05, 4.69) is 4.98 Å². The topological polar surface area (TPSA) is 90.9 Å². The summed E-state index contributed by atoms with van der Waals surface area (Å²) in [6, 6.07) is 8.97. The van der Waals surface area contributed by atoms with Crippen LogP contribution in [-0.4, -0.2) is 37.3 Å². The maximum atomic E-state index is 13.0. The van der Waals surface area contributed by atoms with Gasteiger partial charge in [-0.15, -0.1) is 0 Å². The number of fused-ring (bicyclic) bond motifs is 1. The number of imidazole rings is 1. The highest BCUT2D eigenvalue weighted by Crippen LogP contribution is 2.13. The Balaban J connectivity index is 2.08. The van der Waals surface area contributed by atoms with Crippen LogP contribution < -0.4 is 16.6 Å². The number of amides is 1. The number of aromatic nitrogens is 4. The quantitative estimate of drug-likeness (QED) is 0.583. The van der Waals surface area contributed by atoms with E-state index in [9.17, 15) is 27.6 Å². The first-order valence-corrected chi connectivity index (χ1v) is 9.77. The first-order chi connectivity index (χ1) is 14.7. The minimum Gasteiger partial charge on any atom is -0.345 e. The van der Waals surface area contributed by atoms with Crippen molar-refractivity contribution in [1.29, 1.82) is 0 Å². The van der Waals surface area contributed by atoms with Crippen molar-refractivity contribution in [2.45, 2.75) is 45.6 Å². The molecule has 2 aromatic heterocycles. The van der Waals surface area contributed by atoms with Gasteiger partial charge in [0.05, 0.1) is 12.9 Å². The highest BCUT2D eigenvalue weighted by atomic mass is 19.4. The lowest BCUT2D eigenvalue weighted by Crippen LogP contribution is -2.45. The molecule has 0 atom stereocenters. The van der Waals surface area contributed by atoms with E-state index in [1.807, 2.05) is 13.0 Å². The molecule has 0 spiro atoms. The molecule has 31 heavy (non-hydrogen) atoms. The van der Waals surface area contributed by atoms with Crippen LogP contribution in [0, 0.1) is 0 Å². The fraction of sp³-hybridized carbons (Fsp3) is 0.400.